The largest absolute Gasteiger partial charge is 0.490 e. The molecule has 37 heavy (non-hydrogen) atoms. The zero-order chi connectivity index (χ0) is 25.6. The van der Waals surface area contributed by atoms with Crippen molar-refractivity contribution in [1.29, 1.82) is 5.41 Å². The number of carbonyl (C=O) groups excluding carboxylic acids is 1. The molecule has 2 aromatic carbocycles. The van der Waals surface area contributed by atoms with Gasteiger partial charge in [0.25, 0.3) is 5.56 Å². The number of nitrogens with one attached hydrogen (secondary N) is 2. The first-order chi connectivity index (χ1) is 18.1. The van der Waals surface area contributed by atoms with Crippen LogP contribution in [0.5, 0.6) is 11.5 Å². The van der Waals surface area contributed by atoms with Gasteiger partial charge >= 0.3 is 0 Å². The number of para-hydroxylation sites is 1. The van der Waals surface area contributed by atoms with Crippen LogP contribution in [0.15, 0.2) is 59.4 Å². The van der Waals surface area contributed by atoms with Gasteiger partial charge in [0.1, 0.15) is 29.4 Å². The van der Waals surface area contributed by atoms with E-state index in [0.29, 0.717) is 55.1 Å². The summed E-state index contributed by atoms with van der Waals surface area (Å²) in [5.41, 5.74) is 0.178. The van der Waals surface area contributed by atoms with Crippen LogP contribution in [0.3, 0.4) is 0 Å². The Kier molecular flexibility index (Phi) is 7.43. The number of H-pyrrole nitrogens is 1. The van der Waals surface area contributed by atoms with Crippen molar-refractivity contribution in [2.75, 3.05) is 39.5 Å². The number of amides is 1. The molecule has 2 N–H and O–H groups in total. The fourth-order valence-electron chi connectivity index (χ4n) is 3.76. The number of aromatic amines is 1. The second kappa shape index (κ2) is 11.2. The predicted octanol–water partition coefficient (Wildman–Crippen LogP) is 0.465. The third kappa shape index (κ3) is 5.96. The lowest BCUT2D eigenvalue weighted by molar-refractivity contribution is -0.128. The second-order valence-corrected chi connectivity index (χ2v) is 9.19. The van der Waals surface area contributed by atoms with Crippen molar-refractivity contribution in [3.05, 3.63) is 85.9 Å². The van der Waals surface area contributed by atoms with Crippen molar-refractivity contribution in [3.8, 4) is 16.6 Å². The number of benzene rings is 2. The van der Waals surface area contributed by atoms with Gasteiger partial charge in [0, 0.05) is 19.2 Å². The van der Waals surface area contributed by atoms with Crippen LogP contribution in [0.1, 0.15) is 5.56 Å². The summed E-state index contributed by atoms with van der Waals surface area (Å²) in [7, 11) is 0. The van der Waals surface area contributed by atoms with Crippen molar-refractivity contribution in [3.63, 3.8) is 0 Å². The maximum absolute atomic E-state index is 12.7. The summed E-state index contributed by atoms with van der Waals surface area (Å²) < 4.78 is 18.5. The van der Waals surface area contributed by atoms with E-state index in [2.05, 4.69) is 10.1 Å². The smallest absolute Gasteiger partial charge is 0.283 e. The zero-order valence-electron chi connectivity index (χ0n) is 19.9. The summed E-state index contributed by atoms with van der Waals surface area (Å²) in [6.07, 6.45) is 3.07. The molecule has 0 radical (unpaired) electrons. The zero-order valence-corrected chi connectivity index (χ0v) is 20.7. The Morgan fingerprint density at radius 3 is 2.43 bits per heavy atom. The maximum atomic E-state index is 12.7. The highest BCUT2D eigenvalue weighted by Gasteiger charge is 2.16. The van der Waals surface area contributed by atoms with Crippen LogP contribution in [0.4, 0.5) is 0 Å². The second-order valence-electron chi connectivity index (χ2n) is 8.18. The average Bonchev–Trinajstić information content (AvgIpc) is 3.33. The van der Waals surface area contributed by atoms with Crippen LogP contribution in [0.25, 0.3) is 17.3 Å². The predicted molar refractivity (Wildman–Crippen MR) is 138 cm³/mol. The summed E-state index contributed by atoms with van der Waals surface area (Å²) in [5.74, 6) is 1.30. The average molecular weight is 520 g/mol. The summed E-state index contributed by atoms with van der Waals surface area (Å²) >= 11 is 1.14. The van der Waals surface area contributed by atoms with Crippen molar-refractivity contribution in [1.82, 2.24) is 19.7 Å². The molecule has 1 fully saturated rings. The third-order valence-electron chi connectivity index (χ3n) is 5.65. The molecule has 2 aromatic rings. The van der Waals surface area contributed by atoms with E-state index in [4.69, 9.17) is 19.6 Å². The summed E-state index contributed by atoms with van der Waals surface area (Å²) in [4.78, 5) is 31.0. The minimum atomic E-state index is -0.510. The summed E-state index contributed by atoms with van der Waals surface area (Å²) in [6, 6.07) is 16.7. The number of aromatic nitrogens is 3. The first-order valence-electron chi connectivity index (χ1n) is 11.7. The van der Waals surface area contributed by atoms with Crippen LogP contribution in [0, 0.1) is 5.41 Å². The minimum Gasteiger partial charge on any atom is -0.490 e. The summed E-state index contributed by atoms with van der Waals surface area (Å²) in [5, 5.41) is 12.0. The molecule has 0 spiro atoms. The Morgan fingerprint density at radius 2 is 1.73 bits per heavy atom. The van der Waals surface area contributed by atoms with Crippen LogP contribution in [-0.2, 0) is 9.53 Å². The van der Waals surface area contributed by atoms with E-state index >= 15 is 0 Å². The molecule has 5 rings (SSSR count). The molecule has 190 valence electrons. The van der Waals surface area contributed by atoms with E-state index in [1.54, 1.807) is 35.2 Å². The number of nitrogens with zero attached hydrogens (tertiary/aromatic N) is 3. The van der Waals surface area contributed by atoms with Gasteiger partial charge in [0.15, 0.2) is 5.49 Å². The molecule has 0 saturated carbocycles. The van der Waals surface area contributed by atoms with E-state index in [9.17, 15) is 9.59 Å². The highest BCUT2D eigenvalue weighted by atomic mass is 32.1. The normalized spacial score (nSPS) is 14.8. The van der Waals surface area contributed by atoms with E-state index < -0.39 is 5.56 Å². The monoisotopic (exact) mass is 519 g/mol. The molecule has 0 aliphatic carbocycles. The van der Waals surface area contributed by atoms with E-state index in [1.807, 2.05) is 30.3 Å². The standard InChI is InChI=1S/C26H25N5O5S/c27-24-21(16-18-6-8-20(9-7-18)36-15-14-35-19-4-2-1-3-5-19)25(33)28-26-31(24)29-22(37-26)17-23(32)30-10-12-34-13-11-30/h1-9,16-17,27,29H,10-15H2/b21-16-,22-17+,27-24?. The SMILES string of the molecule is N=c1/c(=C/c2ccc(OCCOc3ccccc3)cc2)c(=O)nc2s/c(=C/C(=O)N3CCOCC3)[nH]n1-2. The molecule has 1 saturated heterocycles. The lowest BCUT2D eigenvalue weighted by Gasteiger charge is -2.25. The van der Waals surface area contributed by atoms with Gasteiger partial charge < -0.3 is 19.1 Å². The molecular formula is C26H25N5O5S. The van der Waals surface area contributed by atoms with Gasteiger partial charge in [-0.15, -0.1) is 0 Å². The summed E-state index contributed by atoms with van der Waals surface area (Å²) in [6.45, 7) is 2.89. The van der Waals surface area contributed by atoms with Crippen LogP contribution < -0.4 is 30.4 Å². The Bertz CT molecular complexity index is 1570. The van der Waals surface area contributed by atoms with Crippen LogP contribution >= 0.6 is 11.3 Å². The molecular weight excluding hydrogens is 494 g/mol. The number of carbonyl (C=O) groups is 1. The Hall–Kier alpha value is -4.22. The highest BCUT2D eigenvalue weighted by Crippen LogP contribution is 2.13. The molecule has 3 heterocycles. The first kappa shape index (κ1) is 24.5. The number of ether oxygens (including phenoxy) is 3. The van der Waals surface area contributed by atoms with Crippen molar-refractivity contribution in [2.45, 2.75) is 0 Å². The number of morpholine rings is 1. The minimum absolute atomic E-state index is 0.0388. The van der Waals surface area contributed by atoms with E-state index in [0.717, 1.165) is 22.6 Å². The van der Waals surface area contributed by atoms with Gasteiger partial charge in [0.05, 0.1) is 18.4 Å². The number of fused-ring (bicyclic) bond motifs is 1. The van der Waals surface area contributed by atoms with Crippen molar-refractivity contribution >= 4 is 29.4 Å². The van der Waals surface area contributed by atoms with Gasteiger partial charge in [-0.3, -0.25) is 20.1 Å². The van der Waals surface area contributed by atoms with Crippen molar-refractivity contribution in [2.24, 2.45) is 0 Å². The Morgan fingerprint density at radius 1 is 1.05 bits per heavy atom. The Balaban J connectivity index is 1.31. The molecule has 3 aliphatic heterocycles. The van der Waals surface area contributed by atoms with E-state index in [-0.39, 0.29) is 16.6 Å². The lowest BCUT2D eigenvalue weighted by Crippen LogP contribution is -2.47. The fourth-order valence-corrected chi connectivity index (χ4v) is 4.61. The van der Waals surface area contributed by atoms with Crippen molar-refractivity contribution < 1.29 is 19.0 Å². The van der Waals surface area contributed by atoms with Gasteiger partial charge in [-0.2, -0.15) is 4.98 Å². The van der Waals surface area contributed by atoms with Gasteiger partial charge in [-0.25, -0.2) is 4.68 Å². The van der Waals surface area contributed by atoms with Gasteiger partial charge in [-0.05, 0) is 35.9 Å². The molecule has 0 bridgehead atoms. The fraction of sp³-hybridized carbons (Fsp3) is 0.231. The van der Waals surface area contributed by atoms with Crippen LogP contribution in [-0.4, -0.2) is 65.1 Å². The molecule has 0 aromatic heterocycles. The number of hydrogen-bond donors (Lipinski definition) is 2. The molecule has 11 heteroatoms. The van der Waals surface area contributed by atoms with Gasteiger partial charge in [0.2, 0.25) is 11.0 Å². The molecule has 10 nitrogen and oxygen atoms in total. The molecule has 1 amide bonds. The van der Waals surface area contributed by atoms with E-state index in [1.165, 1.54) is 10.8 Å². The number of rotatable bonds is 7. The highest BCUT2D eigenvalue weighted by molar-refractivity contribution is 7.11. The quantitative estimate of drug-likeness (QED) is 0.342. The Labute approximate surface area is 215 Å². The molecule has 3 aliphatic rings. The van der Waals surface area contributed by atoms with Crippen LogP contribution in [0.2, 0.25) is 0 Å². The topological polar surface area (TPSA) is 123 Å². The maximum Gasteiger partial charge on any atom is 0.283 e. The lowest BCUT2D eigenvalue weighted by atomic mass is 10.2. The van der Waals surface area contributed by atoms with Gasteiger partial charge in [-0.1, -0.05) is 41.7 Å². The number of hydrogen-bond acceptors (Lipinski definition) is 8. The molecule has 0 unspecified atom stereocenters. The third-order valence-corrected chi connectivity index (χ3v) is 6.54. The molecule has 0 atom stereocenters. The first-order valence-corrected chi connectivity index (χ1v) is 12.6.